The number of unbranched alkanes of at least 4 members (excludes halogenated alkanes) is 12. The Kier molecular flexibility index (Phi) is 10.4. The molecule has 1 heterocycles. The van der Waals surface area contributed by atoms with Gasteiger partial charge in [0.15, 0.2) is 4.77 Å². The Balaban J connectivity index is 1.51. The van der Waals surface area contributed by atoms with Crippen LogP contribution >= 0.6 is 12.2 Å². The minimum absolute atomic E-state index is 0.112. The zero-order valence-corrected chi connectivity index (χ0v) is 17.8. The molecule has 2 aromatic rings. The molecule has 0 radical (unpaired) electrons. The molecule has 0 amide bonds. The topological polar surface area (TPSA) is 37.8 Å². The lowest BCUT2D eigenvalue weighted by atomic mass is 10.0. The highest BCUT2D eigenvalue weighted by Crippen LogP contribution is 2.16. The minimum Gasteiger partial charge on any atom is -0.330 e. The first-order chi connectivity index (χ1) is 13.2. The van der Waals surface area contributed by atoms with Gasteiger partial charge in [0.1, 0.15) is 0 Å². The van der Waals surface area contributed by atoms with E-state index in [9.17, 15) is 4.79 Å². The summed E-state index contributed by atoms with van der Waals surface area (Å²) in [5.74, 6) is 0.112. The van der Waals surface area contributed by atoms with Crippen molar-refractivity contribution in [1.82, 2.24) is 9.55 Å². The van der Waals surface area contributed by atoms with Gasteiger partial charge in [-0.2, -0.15) is 0 Å². The molecule has 0 atom stereocenters. The van der Waals surface area contributed by atoms with Crippen molar-refractivity contribution in [3.63, 3.8) is 0 Å². The Morgan fingerprint density at radius 1 is 0.852 bits per heavy atom. The van der Waals surface area contributed by atoms with Crippen molar-refractivity contribution in [2.24, 2.45) is 0 Å². The molecular weight excluding hydrogens is 352 g/mol. The number of para-hydroxylation sites is 2. The molecule has 4 heteroatoms. The van der Waals surface area contributed by atoms with Crippen LogP contribution in [0.3, 0.4) is 0 Å². The summed E-state index contributed by atoms with van der Waals surface area (Å²) in [6, 6.07) is 7.80. The number of carbonyl (C=O) groups excluding carboxylic acids is 1. The highest BCUT2D eigenvalue weighted by atomic mass is 32.1. The standard InChI is InChI=1S/C23H36N2OS/c1-2-3-4-5-6-7-8-9-10-11-12-13-14-19-22(26)25-21-18-16-15-17-20(21)24-23(25)27/h15-18H,2-14,19H2,1H3,(H,24,27). The van der Waals surface area contributed by atoms with Crippen LogP contribution in [-0.4, -0.2) is 15.5 Å². The Hall–Kier alpha value is -1.42. The van der Waals surface area contributed by atoms with Crippen LogP contribution < -0.4 is 0 Å². The van der Waals surface area contributed by atoms with Crippen molar-refractivity contribution < 1.29 is 4.79 Å². The van der Waals surface area contributed by atoms with Gasteiger partial charge in [0, 0.05) is 6.42 Å². The molecule has 0 aliphatic carbocycles. The van der Waals surface area contributed by atoms with E-state index in [2.05, 4.69) is 11.9 Å². The summed E-state index contributed by atoms with van der Waals surface area (Å²) < 4.78 is 2.17. The number of benzene rings is 1. The third-order valence-corrected chi connectivity index (χ3v) is 5.62. The number of nitrogens with zero attached hydrogens (tertiary/aromatic N) is 1. The van der Waals surface area contributed by atoms with E-state index < -0.39 is 0 Å². The zero-order valence-electron chi connectivity index (χ0n) is 17.0. The molecule has 0 unspecified atom stereocenters. The molecule has 1 aromatic heterocycles. The number of hydrogen-bond acceptors (Lipinski definition) is 2. The van der Waals surface area contributed by atoms with Gasteiger partial charge in [0.2, 0.25) is 5.91 Å². The molecule has 1 N–H and O–H groups in total. The van der Waals surface area contributed by atoms with Crippen LogP contribution in [0.1, 0.15) is 102 Å². The third kappa shape index (κ3) is 7.61. The second kappa shape index (κ2) is 12.9. The summed E-state index contributed by atoms with van der Waals surface area (Å²) in [4.78, 5) is 15.6. The normalized spacial score (nSPS) is 11.3. The number of hydrogen-bond donors (Lipinski definition) is 1. The highest BCUT2D eigenvalue weighted by molar-refractivity contribution is 7.71. The van der Waals surface area contributed by atoms with Crippen molar-refractivity contribution in [3.8, 4) is 0 Å². The quantitative estimate of drug-likeness (QED) is 0.264. The molecule has 1 aromatic carbocycles. The van der Waals surface area contributed by atoms with Crippen molar-refractivity contribution in [2.45, 2.75) is 96.8 Å². The lowest BCUT2D eigenvalue weighted by Gasteiger charge is -2.04. The predicted molar refractivity (Wildman–Crippen MR) is 118 cm³/mol. The fourth-order valence-corrected chi connectivity index (χ4v) is 4.02. The van der Waals surface area contributed by atoms with Gasteiger partial charge in [-0.3, -0.25) is 9.36 Å². The van der Waals surface area contributed by atoms with Crippen molar-refractivity contribution >= 4 is 29.2 Å². The average Bonchev–Trinajstić information content (AvgIpc) is 3.01. The molecule has 27 heavy (non-hydrogen) atoms. The van der Waals surface area contributed by atoms with E-state index in [1.165, 1.54) is 70.6 Å². The molecule has 2 rings (SSSR count). The Morgan fingerprint density at radius 3 is 1.96 bits per heavy atom. The van der Waals surface area contributed by atoms with Crippen molar-refractivity contribution in [2.75, 3.05) is 0 Å². The third-order valence-electron chi connectivity index (χ3n) is 5.33. The first kappa shape index (κ1) is 21.9. The maximum Gasteiger partial charge on any atom is 0.233 e. The Labute approximate surface area is 169 Å². The number of nitrogens with one attached hydrogen (secondary N) is 1. The molecule has 0 aliphatic rings. The Morgan fingerprint density at radius 2 is 1.37 bits per heavy atom. The van der Waals surface area contributed by atoms with Gasteiger partial charge in [-0.05, 0) is 30.8 Å². The van der Waals surface area contributed by atoms with E-state index in [1.54, 1.807) is 4.57 Å². The van der Waals surface area contributed by atoms with Crippen molar-refractivity contribution in [3.05, 3.63) is 29.0 Å². The largest absolute Gasteiger partial charge is 0.330 e. The van der Waals surface area contributed by atoms with Crippen LogP contribution in [0, 0.1) is 4.77 Å². The van der Waals surface area contributed by atoms with E-state index in [0.717, 1.165) is 23.9 Å². The van der Waals surface area contributed by atoms with Crippen LogP contribution in [-0.2, 0) is 0 Å². The second-order valence-electron chi connectivity index (χ2n) is 7.67. The number of H-pyrrole nitrogens is 1. The van der Waals surface area contributed by atoms with Gasteiger partial charge in [0.25, 0.3) is 0 Å². The molecule has 0 saturated heterocycles. The monoisotopic (exact) mass is 388 g/mol. The SMILES string of the molecule is CCCCCCCCCCCCCCCC(=O)n1c(=S)[nH]c2ccccc21. The van der Waals surface area contributed by atoms with Crippen LogP contribution in [0.15, 0.2) is 24.3 Å². The number of rotatable bonds is 14. The number of carbonyl (C=O) groups is 1. The molecule has 3 nitrogen and oxygen atoms in total. The molecule has 150 valence electrons. The Bertz CT molecular complexity index is 731. The molecule has 0 saturated carbocycles. The van der Waals surface area contributed by atoms with E-state index in [1.807, 2.05) is 24.3 Å². The van der Waals surface area contributed by atoms with Crippen LogP contribution in [0.25, 0.3) is 11.0 Å². The smallest absolute Gasteiger partial charge is 0.233 e. The molecule has 0 aliphatic heterocycles. The molecule has 0 fully saturated rings. The lowest BCUT2D eigenvalue weighted by Crippen LogP contribution is -2.10. The maximum atomic E-state index is 12.5. The number of fused-ring (bicyclic) bond motifs is 1. The fourth-order valence-electron chi connectivity index (χ4n) is 3.71. The highest BCUT2D eigenvalue weighted by Gasteiger charge is 2.10. The summed E-state index contributed by atoms with van der Waals surface area (Å²) in [7, 11) is 0. The van der Waals surface area contributed by atoms with Crippen LogP contribution in [0.4, 0.5) is 0 Å². The zero-order chi connectivity index (χ0) is 19.3. The summed E-state index contributed by atoms with van der Waals surface area (Å²) in [6.07, 6.45) is 17.7. The first-order valence-electron chi connectivity index (χ1n) is 11.0. The average molecular weight is 389 g/mol. The second-order valence-corrected chi connectivity index (χ2v) is 8.06. The van der Waals surface area contributed by atoms with E-state index in [-0.39, 0.29) is 5.91 Å². The summed E-state index contributed by atoms with van der Waals surface area (Å²) >= 11 is 5.32. The number of aromatic nitrogens is 2. The number of imidazole rings is 1. The summed E-state index contributed by atoms with van der Waals surface area (Å²) in [5.41, 5.74) is 1.82. The van der Waals surface area contributed by atoms with Gasteiger partial charge in [-0.15, -0.1) is 0 Å². The number of aromatic amines is 1. The van der Waals surface area contributed by atoms with E-state index in [4.69, 9.17) is 12.2 Å². The summed E-state index contributed by atoms with van der Waals surface area (Å²) in [5, 5.41) is 0. The van der Waals surface area contributed by atoms with E-state index >= 15 is 0 Å². The van der Waals surface area contributed by atoms with Crippen molar-refractivity contribution in [1.29, 1.82) is 0 Å². The van der Waals surface area contributed by atoms with Crippen LogP contribution in [0.5, 0.6) is 0 Å². The summed E-state index contributed by atoms with van der Waals surface area (Å²) in [6.45, 7) is 2.27. The maximum absolute atomic E-state index is 12.5. The van der Waals surface area contributed by atoms with Gasteiger partial charge in [-0.25, -0.2) is 0 Å². The van der Waals surface area contributed by atoms with Gasteiger partial charge >= 0.3 is 0 Å². The minimum atomic E-state index is 0.112. The first-order valence-corrected chi connectivity index (χ1v) is 11.4. The van der Waals surface area contributed by atoms with E-state index in [0.29, 0.717) is 11.2 Å². The molecule has 0 spiro atoms. The predicted octanol–water partition coefficient (Wildman–Crippen LogP) is 7.82. The van der Waals surface area contributed by atoms with Gasteiger partial charge in [0.05, 0.1) is 11.0 Å². The van der Waals surface area contributed by atoms with Crippen LogP contribution in [0.2, 0.25) is 0 Å². The lowest BCUT2D eigenvalue weighted by molar-refractivity contribution is 0.0902. The fraction of sp³-hybridized carbons (Fsp3) is 0.652. The van der Waals surface area contributed by atoms with Gasteiger partial charge in [-0.1, -0.05) is 96.1 Å². The molecule has 0 bridgehead atoms. The molecular formula is C23H36N2OS. The van der Waals surface area contributed by atoms with Gasteiger partial charge < -0.3 is 4.98 Å².